The van der Waals surface area contributed by atoms with Crippen LogP contribution in [0.1, 0.15) is 33.9 Å². The Morgan fingerprint density at radius 1 is 1.07 bits per heavy atom. The number of alkyl halides is 3. The Kier molecular flexibility index (Phi) is 5.44. The second kappa shape index (κ2) is 8.18. The zero-order chi connectivity index (χ0) is 21.1. The predicted molar refractivity (Wildman–Crippen MR) is 105 cm³/mol. The Morgan fingerprint density at radius 3 is 2.50 bits per heavy atom. The monoisotopic (exact) mass is 413 g/mol. The number of ether oxygens (including phenoxy) is 1. The summed E-state index contributed by atoms with van der Waals surface area (Å²) in [4.78, 5) is 12.5. The third-order valence-electron chi connectivity index (χ3n) is 5.07. The van der Waals surface area contributed by atoms with Crippen molar-refractivity contribution in [2.75, 3.05) is 5.32 Å². The van der Waals surface area contributed by atoms with E-state index in [0.29, 0.717) is 5.56 Å². The van der Waals surface area contributed by atoms with E-state index < -0.39 is 6.36 Å². The lowest BCUT2D eigenvalue weighted by atomic mass is 9.94. The lowest BCUT2D eigenvalue weighted by Crippen LogP contribution is -2.38. The smallest absolute Gasteiger partial charge is 0.406 e. The number of rotatable bonds is 5. The Hall–Kier alpha value is -3.35. The second-order valence-corrected chi connectivity index (χ2v) is 7.20. The molecule has 154 valence electrons. The highest BCUT2D eigenvalue weighted by molar-refractivity contribution is 5.95. The van der Waals surface area contributed by atoms with Crippen LogP contribution in [0.5, 0.6) is 5.75 Å². The molecule has 0 spiro atoms. The zero-order valence-electron chi connectivity index (χ0n) is 16.0. The summed E-state index contributed by atoms with van der Waals surface area (Å²) < 4.78 is 42.4. The maximum atomic E-state index is 12.5. The minimum absolute atomic E-state index is 0.106. The van der Waals surface area contributed by atoms with E-state index in [0.717, 1.165) is 36.2 Å². The van der Waals surface area contributed by atoms with Gasteiger partial charge in [0.1, 0.15) is 5.75 Å². The molecular formula is C23H20F3N2O2+. The lowest BCUT2D eigenvalue weighted by molar-refractivity contribution is -0.683. The number of nitrogens with zero attached hydrogens (tertiary/aromatic N) is 1. The zero-order valence-corrected chi connectivity index (χ0v) is 16.0. The van der Waals surface area contributed by atoms with Gasteiger partial charge in [0.15, 0.2) is 12.4 Å². The number of anilines is 1. The van der Waals surface area contributed by atoms with Crippen molar-refractivity contribution in [2.45, 2.75) is 31.8 Å². The van der Waals surface area contributed by atoms with Crippen molar-refractivity contribution in [3.05, 3.63) is 89.7 Å². The average molecular weight is 413 g/mol. The molecule has 0 bridgehead atoms. The van der Waals surface area contributed by atoms with Crippen LogP contribution in [0.4, 0.5) is 18.9 Å². The van der Waals surface area contributed by atoms with Gasteiger partial charge in [-0.05, 0) is 42.7 Å². The fourth-order valence-corrected chi connectivity index (χ4v) is 3.62. The quantitative estimate of drug-likeness (QED) is 0.480. The van der Waals surface area contributed by atoms with Crippen molar-refractivity contribution in [3.63, 3.8) is 0 Å². The third-order valence-corrected chi connectivity index (χ3v) is 5.07. The summed E-state index contributed by atoms with van der Waals surface area (Å²) >= 11 is 0. The van der Waals surface area contributed by atoms with Crippen LogP contribution in [0.3, 0.4) is 0 Å². The molecule has 1 unspecified atom stereocenters. The number of benzene rings is 2. The Labute approximate surface area is 171 Å². The van der Waals surface area contributed by atoms with Crippen LogP contribution in [0, 0.1) is 0 Å². The number of halogens is 3. The molecule has 2 heterocycles. The number of nitrogens with one attached hydrogen (secondary N) is 1. The van der Waals surface area contributed by atoms with Gasteiger partial charge in [-0.25, -0.2) is 0 Å². The molecule has 4 rings (SSSR count). The molecule has 1 N–H and O–H groups in total. The van der Waals surface area contributed by atoms with Gasteiger partial charge in [-0.1, -0.05) is 30.3 Å². The van der Waals surface area contributed by atoms with Gasteiger partial charge in [0.25, 0.3) is 0 Å². The van der Waals surface area contributed by atoms with Gasteiger partial charge in [0.2, 0.25) is 12.3 Å². The molecule has 0 radical (unpaired) electrons. The minimum Gasteiger partial charge on any atom is -0.406 e. The van der Waals surface area contributed by atoms with E-state index in [1.54, 1.807) is 4.57 Å². The molecule has 1 aliphatic heterocycles. The van der Waals surface area contributed by atoms with Crippen molar-refractivity contribution in [1.29, 1.82) is 0 Å². The number of aromatic nitrogens is 1. The van der Waals surface area contributed by atoms with Gasteiger partial charge < -0.3 is 10.1 Å². The van der Waals surface area contributed by atoms with Crippen LogP contribution >= 0.6 is 0 Å². The highest BCUT2D eigenvalue weighted by atomic mass is 19.4. The highest BCUT2D eigenvalue weighted by Crippen LogP contribution is 2.31. The summed E-state index contributed by atoms with van der Waals surface area (Å²) in [6.07, 6.45) is 0.870. The standard InChI is InChI=1S/C23H19F3N2O2/c24-23(25,26)30-19-9-6-17(7-10-19)22(29)15-28-13-12-21-18(14-28)8-11-20(27-21)16-4-2-1-3-5-16/h1-7,9-10,12-14,20H,8,11,15H2/p+1. The van der Waals surface area contributed by atoms with Crippen LogP contribution in [0.2, 0.25) is 0 Å². The summed E-state index contributed by atoms with van der Waals surface area (Å²) in [6, 6.07) is 17.5. The van der Waals surface area contributed by atoms with E-state index >= 15 is 0 Å². The van der Waals surface area contributed by atoms with E-state index in [1.165, 1.54) is 17.7 Å². The van der Waals surface area contributed by atoms with Crippen LogP contribution in [0.15, 0.2) is 73.1 Å². The SMILES string of the molecule is O=C(C[n+]1ccc2c(c1)CCC(c1ccccc1)N2)c1ccc(OC(F)(F)F)cc1. The molecule has 30 heavy (non-hydrogen) atoms. The number of pyridine rings is 1. The van der Waals surface area contributed by atoms with Crippen molar-refractivity contribution in [1.82, 2.24) is 0 Å². The maximum absolute atomic E-state index is 12.5. The molecule has 1 aliphatic rings. The minimum atomic E-state index is -4.75. The predicted octanol–water partition coefficient (Wildman–Crippen LogP) is 4.86. The Balaban J connectivity index is 1.42. The Bertz CT molecular complexity index is 1030. The van der Waals surface area contributed by atoms with E-state index in [4.69, 9.17) is 0 Å². The second-order valence-electron chi connectivity index (χ2n) is 7.20. The first-order valence-electron chi connectivity index (χ1n) is 9.60. The molecule has 0 fully saturated rings. The van der Waals surface area contributed by atoms with E-state index in [9.17, 15) is 18.0 Å². The first-order valence-corrected chi connectivity index (χ1v) is 9.60. The van der Waals surface area contributed by atoms with E-state index in [1.807, 2.05) is 36.7 Å². The van der Waals surface area contributed by atoms with Gasteiger partial charge in [0.05, 0.1) is 6.04 Å². The largest absolute Gasteiger partial charge is 0.573 e. The average Bonchev–Trinajstić information content (AvgIpc) is 2.73. The van der Waals surface area contributed by atoms with E-state index in [2.05, 4.69) is 22.2 Å². The first-order chi connectivity index (χ1) is 14.4. The number of fused-ring (bicyclic) bond motifs is 1. The van der Waals surface area contributed by atoms with Gasteiger partial charge in [-0.15, -0.1) is 13.2 Å². The van der Waals surface area contributed by atoms with Gasteiger partial charge >= 0.3 is 6.36 Å². The van der Waals surface area contributed by atoms with Crippen molar-refractivity contribution in [2.24, 2.45) is 0 Å². The summed E-state index contributed by atoms with van der Waals surface area (Å²) in [6.45, 7) is 0.106. The molecule has 0 aliphatic carbocycles. The molecule has 0 saturated carbocycles. The molecule has 7 heteroatoms. The normalized spacial score (nSPS) is 15.8. The lowest BCUT2D eigenvalue weighted by Gasteiger charge is -2.26. The first kappa shape index (κ1) is 19.9. The number of ketones is 1. The molecular weight excluding hydrogens is 393 g/mol. The number of carbonyl (C=O) groups is 1. The molecule has 1 aromatic heterocycles. The maximum Gasteiger partial charge on any atom is 0.573 e. The topological polar surface area (TPSA) is 42.2 Å². The number of carbonyl (C=O) groups excluding carboxylic acids is 1. The molecule has 0 saturated heterocycles. The van der Waals surface area contributed by atoms with Crippen molar-refractivity contribution >= 4 is 11.5 Å². The highest BCUT2D eigenvalue weighted by Gasteiger charge is 2.31. The van der Waals surface area contributed by atoms with Crippen molar-refractivity contribution in [3.8, 4) is 5.75 Å². The summed E-state index contributed by atoms with van der Waals surface area (Å²) in [5.74, 6) is -0.538. The number of aryl methyl sites for hydroxylation is 1. The van der Waals surface area contributed by atoms with E-state index in [-0.39, 0.29) is 24.1 Å². The molecule has 0 amide bonds. The number of Topliss-reactive ketones (excluding diaryl/α,β-unsaturated/α-hetero) is 1. The molecule has 2 aromatic carbocycles. The van der Waals surface area contributed by atoms with Crippen LogP contribution < -0.4 is 14.6 Å². The number of hydrogen-bond acceptors (Lipinski definition) is 3. The fourth-order valence-electron chi connectivity index (χ4n) is 3.62. The van der Waals surface area contributed by atoms with Gasteiger partial charge in [-0.2, -0.15) is 4.57 Å². The van der Waals surface area contributed by atoms with Crippen LogP contribution in [-0.4, -0.2) is 12.1 Å². The molecule has 1 atom stereocenters. The summed E-state index contributed by atoms with van der Waals surface area (Å²) in [5, 5.41) is 3.55. The fraction of sp³-hybridized carbons (Fsp3) is 0.217. The summed E-state index contributed by atoms with van der Waals surface area (Å²) in [5.41, 5.74) is 3.75. The third kappa shape index (κ3) is 4.79. The molecule has 3 aromatic rings. The van der Waals surface area contributed by atoms with Gasteiger partial charge in [0, 0.05) is 22.9 Å². The number of hydrogen-bond donors (Lipinski definition) is 1. The summed E-state index contributed by atoms with van der Waals surface area (Å²) in [7, 11) is 0. The van der Waals surface area contributed by atoms with Crippen LogP contribution in [0.25, 0.3) is 0 Å². The van der Waals surface area contributed by atoms with Crippen LogP contribution in [-0.2, 0) is 13.0 Å². The van der Waals surface area contributed by atoms with Gasteiger partial charge in [-0.3, -0.25) is 4.79 Å². The molecule has 4 nitrogen and oxygen atoms in total. The Morgan fingerprint density at radius 2 is 1.80 bits per heavy atom. The van der Waals surface area contributed by atoms with Crippen molar-refractivity contribution < 1.29 is 27.3 Å².